The van der Waals surface area contributed by atoms with Crippen LogP contribution in [0.25, 0.3) is 0 Å². The minimum absolute atomic E-state index is 0.194. The normalized spacial score (nSPS) is 11.6. The third kappa shape index (κ3) is 31.6. The first-order chi connectivity index (χ1) is 21.9. The Balaban J connectivity index is 4.31. The van der Waals surface area contributed by atoms with Gasteiger partial charge in [-0.05, 0) is 12.8 Å². The minimum Gasteiger partial charge on any atom is -0.462 e. The van der Waals surface area contributed by atoms with Crippen LogP contribution < -0.4 is 0 Å². The van der Waals surface area contributed by atoms with Crippen LogP contribution >= 0.6 is 0 Å². The number of ether oxygens (including phenoxy) is 4. The summed E-state index contributed by atoms with van der Waals surface area (Å²) in [7, 11) is 0. The van der Waals surface area contributed by atoms with Gasteiger partial charge in [0.1, 0.15) is 13.2 Å². The van der Waals surface area contributed by atoms with E-state index in [0.717, 1.165) is 32.1 Å². The van der Waals surface area contributed by atoms with Crippen LogP contribution in [0.15, 0.2) is 0 Å². The van der Waals surface area contributed by atoms with Crippen molar-refractivity contribution in [2.24, 2.45) is 0 Å². The standard InChI is InChI=1S/C36H66O9/c1-3-5-7-9-11-13-15-17-19-21-23-25-33(38)42-29-32(30-43-34(39)27-28-35(40)44-31-37)45-36(41)26-24-22-20-18-16-14-12-10-8-6-4-2/h32,37H,3-31H2,1-2H3. The topological polar surface area (TPSA) is 125 Å². The molecule has 0 radical (unpaired) electrons. The SMILES string of the molecule is CCCCCCCCCCCCCC(=O)OCC(COC(=O)CCC(=O)OCO)OC(=O)CCCCCCCCCCCCC. The maximum absolute atomic E-state index is 12.5. The largest absolute Gasteiger partial charge is 0.462 e. The van der Waals surface area contributed by atoms with E-state index in [4.69, 9.17) is 19.3 Å². The molecule has 0 spiro atoms. The van der Waals surface area contributed by atoms with Gasteiger partial charge in [0.25, 0.3) is 0 Å². The molecule has 0 fully saturated rings. The number of hydrogen-bond acceptors (Lipinski definition) is 9. The second-order valence-corrected chi connectivity index (χ2v) is 12.2. The number of hydrogen-bond donors (Lipinski definition) is 1. The van der Waals surface area contributed by atoms with E-state index in [1.165, 1.54) is 103 Å². The van der Waals surface area contributed by atoms with Crippen LogP contribution in [0.2, 0.25) is 0 Å². The van der Waals surface area contributed by atoms with Gasteiger partial charge in [-0.2, -0.15) is 0 Å². The van der Waals surface area contributed by atoms with Crippen LogP contribution in [0, 0.1) is 0 Å². The predicted molar refractivity (Wildman–Crippen MR) is 176 cm³/mol. The molecule has 0 heterocycles. The maximum Gasteiger partial charge on any atom is 0.308 e. The lowest BCUT2D eigenvalue weighted by molar-refractivity contribution is -0.167. The van der Waals surface area contributed by atoms with E-state index >= 15 is 0 Å². The van der Waals surface area contributed by atoms with Gasteiger partial charge in [-0.3, -0.25) is 19.2 Å². The summed E-state index contributed by atoms with van der Waals surface area (Å²) < 4.78 is 20.4. The molecule has 264 valence electrons. The first-order valence-corrected chi connectivity index (χ1v) is 18.2. The Bertz CT molecular complexity index is 725. The highest BCUT2D eigenvalue weighted by Gasteiger charge is 2.20. The molecule has 45 heavy (non-hydrogen) atoms. The average Bonchev–Trinajstić information content (AvgIpc) is 3.02. The predicted octanol–water partition coefficient (Wildman–Crippen LogP) is 8.66. The van der Waals surface area contributed by atoms with E-state index < -0.39 is 30.8 Å². The van der Waals surface area contributed by atoms with Crippen molar-refractivity contribution in [3.63, 3.8) is 0 Å². The minimum atomic E-state index is -0.917. The molecule has 0 aliphatic carbocycles. The summed E-state index contributed by atoms with van der Waals surface area (Å²) in [5.74, 6) is -2.18. The molecule has 1 atom stereocenters. The zero-order chi connectivity index (χ0) is 33.2. The molecule has 0 amide bonds. The van der Waals surface area contributed by atoms with Crippen molar-refractivity contribution in [1.29, 1.82) is 0 Å². The number of carbonyl (C=O) groups is 4. The highest BCUT2D eigenvalue weighted by molar-refractivity contribution is 5.77. The average molecular weight is 643 g/mol. The van der Waals surface area contributed by atoms with Crippen LogP contribution in [0.3, 0.4) is 0 Å². The van der Waals surface area contributed by atoms with Crippen molar-refractivity contribution in [3.05, 3.63) is 0 Å². The third-order valence-electron chi connectivity index (χ3n) is 7.89. The fourth-order valence-corrected chi connectivity index (χ4v) is 5.09. The number of aliphatic hydroxyl groups excluding tert-OH is 1. The van der Waals surface area contributed by atoms with Gasteiger partial charge in [-0.1, -0.05) is 142 Å². The second-order valence-electron chi connectivity index (χ2n) is 12.2. The molecule has 9 nitrogen and oxygen atoms in total. The van der Waals surface area contributed by atoms with E-state index in [-0.39, 0.29) is 38.4 Å². The molecule has 0 rings (SSSR count). The second kappa shape index (κ2) is 33.2. The number of aliphatic hydroxyl groups is 1. The molecule has 0 saturated heterocycles. The lowest BCUT2D eigenvalue weighted by Crippen LogP contribution is -2.31. The molecule has 0 aromatic heterocycles. The van der Waals surface area contributed by atoms with Crippen LogP contribution in [0.4, 0.5) is 0 Å². The molecular formula is C36H66O9. The Labute approximate surface area is 273 Å². The third-order valence-corrected chi connectivity index (χ3v) is 7.89. The van der Waals surface area contributed by atoms with E-state index in [2.05, 4.69) is 18.6 Å². The van der Waals surface area contributed by atoms with E-state index in [9.17, 15) is 19.2 Å². The quantitative estimate of drug-likeness (QED) is 0.0324. The summed E-state index contributed by atoms with van der Waals surface area (Å²) in [6.07, 6.45) is 25.2. The molecule has 0 aliphatic rings. The summed E-state index contributed by atoms with van der Waals surface area (Å²) in [6.45, 7) is 3.23. The first-order valence-electron chi connectivity index (χ1n) is 18.2. The highest BCUT2D eigenvalue weighted by Crippen LogP contribution is 2.14. The molecule has 1 unspecified atom stereocenters. The maximum atomic E-state index is 12.5. The van der Waals surface area contributed by atoms with E-state index in [0.29, 0.717) is 12.8 Å². The van der Waals surface area contributed by atoms with Crippen molar-refractivity contribution < 1.29 is 43.2 Å². The molecule has 9 heteroatoms. The number of esters is 4. The Kier molecular flexibility index (Phi) is 31.6. The monoisotopic (exact) mass is 642 g/mol. The Morgan fingerprint density at radius 1 is 0.422 bits per heavy atom. The van der Waals surface area contributed by atoms with Crippen molar-refractivity contribution in [2.45, 2.75) is 187 Å². The van der Waals surface area contributed by atoms with E-state index in [1.54, 1.807) is 0 Å². The molecule has 0 saturated carbocycles. The lowest BCUT2D eigenvalue weighted by atomic mass is 10.1. The summed E-state index contributed by atoms with van der Waals surface area (Å²) in [4.78, 5) is 48.2. The lowest BCUT2D eigenvalue weighted by Gasteiger charge is -2.18. The van der Waals surface area contributed by atoms with Crippen molar-refractivity contribution in [1.82, 2.24) is 0 Å². The zero-order valence-electron chi connectivity index (χ0n) is 28.8. The Hall–Kier alpha value is -2.16. The van der Waals surface area contributed by atoms with Gasteiger partial charge in [-0.15, -0.1) is 0 Å². The van der Waals surface area contributed by atoms with Gasteiger partial charge in [0.2, 0.25) is 0 Å². The van der Waals surface area contributed by atoms with Crippen LogP contribution in [0.1, 0.15) is 181 Å². The summed E-state index contributed by atoms with van der Waals surface area (Å²) in [6, 6.07) is 0. The fraction of sp³-hybridized carbons (Fsp3) is 0.889. The molecule has 0 aromatic rings. The molecular weight excluding hydrogens is 576 g/mol. The smallest absolute Gasteiger partial charge is 0.308 e. The zero-order valence-corrected chi connectivity index (χ0v) is 28.8. The van der Waals surface area contributed by atoms with E-state index in [1.807, 2.05) is 0 Å². The number of unbranched alkanes of at least 4 members (excludes halogenated alkanes) is 20. The van der Waals surface area contributed by atoms with Crippen molar-refractivity contribution in [2.75, 3.05) is 20.0 Å². The van der Waals surface area contributed by atoms with Crippen molar-refractivity contribution in [3.8, 4) is 0 Å². The highest BCUT2D eigenvalue weighted by atomic mass is 16.6. The van der Waals surface area contributed by atoms with Gasteiger partial charge in [0.15, 0.2) is 12.9 Å². The Morgan fingerprint density at radius 2 is 0.733 bits per heavy atom. The van der Waals surface area contributed by atoms with Crippen LogP contribution in [0.5, 0.6) is 0 Å². The Morgan fingerprint density at radius 3 is 1.11 bits per heavy atom. The van der Waals surface area contributed by atoms with Gasteiger partial charge in [0.05, 0.1) is 12.8 Å². The van der Waals surface area contributed by atoms with Gasteiger partial charge in [0, 0.05) is 12.8 Å². The molecule has 1 N–H and O–H groups in total. The van der Waals surface area contributed by atoms with Gasteiger partial charge < -0.3 is 24.1 Å². The van der Waals surface area contributed by atoms with Crippen LogP contribution in [-0.4, -0.2) is 55.1 Å². The van der Waals surface area contributed by atoms with Gasteiger partial charge >= 0.3 is 23.9 Å². The first kappa shape index (κ1) is 42.8. The summed E-state index contributed by atoms with van der Waals surface area (Å²) >= 11 is 0. The number of carbonyl (C=O) groups excluding carboxylic acids is 4. The summed E-state index contributed by atoms with van der Waals surface area (Å²) in [5, 5.41) is 8.62. The summed E-state index contributed by atoms with van der Waals surface area (Å²) in [5.41, 5.74) is 0. The van der Waals surface area contributed by atoms with Crippen molar-refractivity contribution >= 4 is 23.9 Å². The molecule has 0 bridgehead atoms. The molecule has 0 aliphatic heterocycles. The van der Waals surface area contributed by atoms with Gasteiger partial charge in [-0.25, -0.2) is 0 Å². The fourth-order valence-electron chi connectivity index (χ4n) is 5.09. The van der Waals surface area contributed by atoms with Crippen LogP contribution in [-0.2, 0) is 38.1 Å². The number of rotatable bonds is 33. The molecule has 0 aromatic carbocycles.